The molecule has 25 heavy (non-hydrogen) atoms. The third kappa shape index (κ3) is 4.68. The van der Waals surface area contributed by atoms with E-state index in [0.29, 0.717) is 50.7 Å². The quantitative estimate of drug-likeness (QED) is 0.584. The van der Waals surface area contributed by atoms with Crippen molar-refractivity contribution in [2.24, 2.45) is 0 Å². The van der Waals surface area contributed by atoms with Crippen LogP contribution in [0, 0.1) is 0 Å². The molecule has 0 bridgehead atoms. The number of amides is 2. The van der Waals surface area contributed by atoms with E-state index >= 15 is 0 Å². The number of thioether (sulfide) groups is 1. The van der Waals surface area contributed by atoms with Gasteiger partial charge in [-0.25, -0.2) is 0 Å². The number of nitrogens with zero attached hydrogens (tertiary/aromatic N) is 2. The summed E-state index contributed by atoms with van der Waals surface area (Å²) in [6.45, 7) is 2.99. The van der Waals surface area contributed by atoms with Gasteiger partial charge < -0.3 is 9.64 Å². The van der Waals surface area contributed by atoms with Crippen LogP contribution in [-0.2, 0) is 9.53 Å². The predicted molar refractivity (Wildman–Crippen MR) is 103 cm³/mol. The van der Waals surface area contributed by atoms with Gasteiger partial charge in [0, 0.05) is 26.1 Å². The Morgan fingerprint density at radius 1 is 1.24 bits per heavy atom. The number of benzene rings is 1. The van der Waals surface area contributed by atoms with Crippen LogP contribution < -0.4 is 0 Å². The van der Waals surface area contributed by atoms with Crippen LogP contribution in [0.2, 0.25) is 0 Å². The topological polar surface area (TPSA) is 49.9 Å². The lowest BCUT2D eigenvalue weighted by Crippen LogP contribution is -2.41. The van der Waals surface area contributed by atoms with E-state index in [1.807, 2.05) is 41.3 Å². The highest BCUT2D eigenvalue weighted by Gasteiger charge is 2.31. The molecule has 7 heteroatoms. The highest BCUT2D eigenvalue weighted by atomic mass is 32.2. The van der Waals surface area contributed by atoms with Crippen LogP contribution in [0.3, 0.4) is 0 Å². The maximum atomic E-state index is 12.2. The Balaban J connectivity index is 1.52. The Morgan fingerprint density at radius 2 is 1.96 bits per heavy atom. The fourth-order valence-electron chi connectivity index (χ4n) is 2.75. The van der Waals surface area contributed by atoms with Gasteiger partial charge in [0.15, 0.2) is 0 Å². The molecule has 1 aromatic rings. The van der Waals surface area contributed by atoms with Crippen molar-refractivity contribution in [3.05, 3.63) is 40.8 Å². The summed E-state index contributed by atoms with van der Waals surface area (Å²) in [5.41, 5.74) is 1.02. The third-order valence-corrected chi connectivity index (χ3v) is 5.60. The smallest absolute Gasteiger partial charge is 0.291 e. The summed E-state index contributed by atoms with van der Waals surface area (Å²) >= 11 is 6.60. The molecule has 2 fully saturated rings. The van der Waals surface area contributed by atoms with Gasteiger partial charge in [-0.3, -0.25) is 14.5 Å². The predicted octanol–water partition coefficient (Wildman–Crippen LogP) is 3.16. The number of thiocarbonyl (C=S) groups is 1. The minimum absolute atomic E-state index is 0.0639. The molecule has 2 saturated heterocycles. The number of carbonyl (C=O) groups excluding carboxylic acids is 2. The Hall–Kier alpha value is -1.70. The van der Waals surface area contributed by atoms with Crippen LogP contribution >= 0.6 is 24.0 Å². The normalized spacial score (nSPS) is 19.8. The Kier molecular flexibility index (Phi) is 6.23. The van der Waals surface area contributed by atoms with Crippen molar-refractivity contribution in [3.8, 4) is 0 Å². The second-order valence-electron chi connectivity index (χ2n) is 5.84. The van der Waals surface area contributed by atoms with Crippen molar-refractivity contribution >= 4 is 46.2 Å². The molecule has 0 N–H and O–H groups in total. The lowest BCUT2D eigenvalue weighted by Gasteiger charge is -2.27. The van der Waals surface area contributed by atoms with Crippen molar-refractivity contribution in [1.29, 1.82) is 0 Å². The molecule has 132 valence electrons. The third-order valence-electron chi connectivity index (χ3n) is 4.11. The van der Waals surface area contributed by atoms with Gasteiger partial charge in [-0.05, 0) is 29.8 Å². The van der Waals surface area contributed by atoms with Crippen LogP contribution in [0.25, 0.3) is 6.08 Å². The zero-order valence-electron chi connectivity index (χ0n) is 13.8. The molecule has 0 radical (unpaired) electrons. The van der Waals surface area contributed by atoms with Crippen molar-refractivity contribution in [1.82, 2.24) is 9.80 Å². The van der Waals surface area contributed by atoms with E-state index in [2.05, 4.69) is 0 Å². The molecule has 0 atom stereocenters. The molecule has 0 aliphatic carbocycles. The molecule has 5 nitrogen and oxygen atoms in total. The highest BCUT2D eigenvalue weighted by Crippen LogP contribution is 2.33. The van der Waals surface area contributed by atoms with Crippen LogP contribution in [0.15, 0.2) is 35.2 Å². The minimum atomic E-state index is -0.0639. The number of morpholine rings is 1. The maximum absolute atomic E-state index is 12.2. The largest absolute Gasteiger partial charge is 0.378 e. The SMILES string of the molecule is O=C(CCCN1C(=O)SC(=Cc2ccccc2)C1=S)N1CCOCC1. The van der Waals surface area contributed by atoms with E-state index < -0.39 is 0 Å². The number of hydrogen-bond donors (Lipinski definition) is 0. The second-order valence-corrected chi connectivity index (χ2v) is 7.22. The van der Waals surface area contributed by atoms with Gasteiger partial charge in [0.25, 0.3) is 5.24 Å². The number of carbonyl (C=O) groups is 2. The molecule has 0 aromatic heterocycles. The lowest BCUT2D eigenvalue weighted by molar-refractivity contribution is -0.135. The average molecular weight is 377 g/mol. The first-order valence-corrected chi connectivity index (χ1v) is 9.53. The molecule has 0 spiro atoms. The van der Waals surface area contributed by atoms with E-state index in [1.165, 1.54) is 0 Å². The standard InChI is InChI=1S/C18H20N2O3S2/c21-16(19-9-11-23-12-10-19)7-4-8-20-17(24)15(25-18(20)22)13-14-5-2-1-3-6-14/h1-3,5-6,13H,4,7-12H2. The van der Waals surface area contributed by atoms with Gasteiger partial charge in [-0.1, -0.05) is 42.5 Å². The number of rotatable bonds is 5. The van der Waals surface area contributed by atoms with Gasteiger partial charge >= 0.3 is 0 Å². The summed E-state index contributed by atoms with van der Waals surface area (Å²) in [6.07, 6.45) is 2.97. The molecule has 1 aromatic carbocycles. The summed E-state index contributed by atoms with van der Waals surface area (Å²) in [5.74, 6) is 0.119. The molecule has 0 saturated carbocycles. The van der Waals surface area contributed by atoms with Gasteiger partial charge in [0.1, 0.15) is 4.99 Å². The van der Waals surface area contributed by atoms with E-state index in [0.717, 1.165) is 22.2 Å². The molecular weight excluding hydrogens is 356 g/mol. The van der Waals surface area contributed by atoms with Crippen LogP contribution in [-0.4, -0.2) is 58.8 Å². The highest BCUT2D eigenvalue weighted by molar-refractivity contribution is 8.19. The van der Waals surface area contributed by atoms with Crippen LogP contribution in [0.4, 0.5) is 4.79 Å². The fourth-order valence-corrected chi connectivity index (χ4v) is 4.04. The van der Waals surface area contributed by atoms with Crippen molar-refractivity contribution in [3.63, 3.8) is 0 Å². The minimum Gasteiger partial charge on any atom is -0.378 e. The summed E-state index contributed by atoms with van der Waals surface area (Å²) in [4.78, 5) is 29.1. The molecule has 2 amide bonds. The first-order valence-electron chi connectivity index (χ1n) is 8.31. The van der Waals surface area contributed by atoms with E-state index in [1.54, 1.807) is 4.90 Å². The van der Waals surface area contributed by atoms with Gasteiger partial charge in [0.05, 0.1) is 18.1 Å². The zero-order valence-corrected chi connectivity index (χ0v) is 15.5. The fraction of sp³-hybridized carbons (Fsp3) is 0.389. The molecule has 2 aliphatic heterocycles. The van der Waals surface area contributed by atoms with Crippen LogP contribution in [0.5, 0.6) is 0 Å². The number of ether oxygens (including phenoxy) is 1. The van der Waals surface area contributed by atoms with Crippen LogP contribution in [0.1, 0.15) is 18.4 Å². The van der Waals surface area contributed by atoms with Gasteiger partial charge in [0.2, 0.25) is 5.91 Å². The maximum Gasteiger partial charge on any atom is 0.291 e. The first kappa shape index (κ1) is 18.1. The molecule has 2 aliphatic rings. The van der Waals surface area contributed by atoms with Gasteiger partial charge in [-0.15, -0.1) is 0 Å². The molecule has 3 rings (SSSR count). The summed E-state index contributed by atoms with van der Waals surface area (Å²) in [5, 5.41) is -0.0639. The van der Waals surface area contributed by atoms with Crippen molar-refractivity contribution < 1.29 is 14.3 Å². The Bertz CT molecular complexity index is 685. The monoisotopic (exact) mass is 376 g/mol. The lowest BCUT2D eigenvalue weighted by atomic mass is 10.2. The van der Waals surface area contributed by atoms with E-state index in [-0.39, 0.29) is 11.1 Å². The zero-order chi connectivity index (χ0) is 17.6. The second kappa shape index (κ2) is 8.60. The average Bonchev–Trinajstić information content (AvgIpc) is 2.90. The Morgan fingerprint density at radius 3 is 2.68 bits per heavy atom. The molecule has 2 heterocycles. The van der Waals surface area contributed by atoms with E-state index in [9.17, 15) is 9.59 Å². The summed E-state index contributed by atoms with van der Waals surface area (Å²) in [7, 11) is 0. The van der Waals surface area contributed by atoms with Gasteiger partial charge in [-0.2, -0.15) is 0 Å². The van der Waals surface area contributed by atoms with Crippen molar-refractivity contribution in [2.75, 3.05) is 32.8 Å². The summed E-state index contributed by atoms with van der Waals surface area (Å²) < 4.78 is 5.25. The van der Waals surface area contributed by atoms with Crippen molar-refractivity contribution in [2.45, 2.75) is 12.8 Å². The molecule has 0 unspecified atom stereocenters. The number of hydrogen-bond acceptors (Lipinski definition) is 5. The molecular formula is C18H20N2O3S2. The van der Waals surface area contributed by atoms with E-state index in [4.69, 9.17) is 17.0 Å². The Labute approximate surface area is 157 Å². The first-order chi connectivity index (χ1) is 12.1. The summed E-state index contributed by atoms with van der Waals surface area (Å²) in [6, 6.07) is 9.80.